The summed E-state index contributed by atoms with van der Waals surface area (Å²) in [5.74, 6) is -0.992. The zero-order valence-electron chi connectivity index (χ0n) is 19.2. The number of likely N-dealkylation sites (tertiary alicyclic amines) is 1. The van der Waals surface area contributed by atoms with Crippen LogP contribution in [0.25, 0.3) is 0 Å². The fourth-order valence-electron chi connectivity index (χ4n) is 4.87. The number of anilines is 1. The van der Waals surface area contributed by atoms with Crippen molar-refractivity contribution in [3.8, 4) is 0 Å². The molecule has 1 aliphatic heterocycles. The first-order valence-corrected chi connectivity index (χ1v) is 11.3. The second-order valence-corrected chi connectivity index (χ2v) is 9.66. The van der Waals surface area contributed by atoms with E-state index in [1.54, 1.807) is 17.9 Å². The Balaban J connectivity index is 1.64. The molecule has 0 radical (unpaired) electrons. The summed E-state index contributed by atoms with van der Waals surface area (Å²) < 4.78 is 0. The quantitative estimate of drug-likeness (QED) is 0.436. The summed E-state index contributed by atoms with van der Waals surface area (Å²) in [6, 6.07) is 1.29. The zero-order valence-corrected chi connectivity index (χ0v) is 19.2. The molecule has 2 aliphatic rings. The van der Waals surface area contributed by atoms with Crippen molar-refractivity contribution < 1.29 is 19.8 Å². The Labute approximate surface area is 189 Å². The summed E-state index contributed by atoms with van der Waals surface area (Å²) in [4.78, 5) is 43.3. The summed E-state index contributed by atoms with van der Waals surface area (Å²) in [6.45, 7) is 6.73. The number of rotatable bonds is 7. The van der Waals surface area contributed by atoms with Crippen molar-refractivity contribution in [1.29, 1.82) is 0 Å². The van der Waals surface area contributed by atoms with Crippen LogP contribution in [-0.2, 0) is 14.4 Å². The molecule has 0 spiro atoms. The molecule has 6 N–H and O–H groups in total. The van der Waals surface area contributed by atoms with Gasteiger partial charge in [-0.3, -0.25) is 19.4 Å². The average Bonchev–Trinajstić information content (AvgIpc) is 3.21. The second kappa shape index (κ2) is 9.67. The number of hydrogen-bond acceptors (Lipinski definition) is 5. The molecule has 1 unspecified atom stereocenters. The van der Waals surface area contributed by atoms with Gasteiger partial charge in [-0.2, -0.15) is 0 Å². The van der Waals surface area contributed by atoms with Gasteiger partial charge >= 0.3 is 5.91 Å². The van der Waals surface area contributed by atoms with Crippen LogP contribution in [0.2, 0.25) is 0 Å². The van der Waals surface area contributed by atoms with Gasteiger partial charge in [-0.25, -0.2) is 5.41 Å². The molecular formula is C23H35N6O3+. The number of pyridine rings is 1. The van der Waals surface area contributed by atoms with E-state index in [0.717, 1.165) is 25.7 Å². The number of amides is 3. The average molecular weight is 444 g/mol. The van der Waals surface area contributed by atoms with Crippen LogP contribution >= 0.6 is 0 Å². The Kier molecular flexibility index (Phi) is 7.16. The lowest BCUT2D eigenvalue weighted by Gasteiger charge is -2.36. The summed E-state index contributed by atoms with van der Waals surface area (Å²) in [5.41, 5.74) is 6.94. The molecule has 9 nitrogen and oxygen atoms in total. The molecule has 9 heteroatoms. The standard InChI is InChI=1S/C23H34N6O3/c1-14-20(16(8-10-26-14)19(24)21(25)31)27-13-18(30)29-11-5-7-17(29)22(32)28-15-6-4-9-23(2,3)12-15/h8,10,15,17,24,27H,4-7,9,11-13H2,1-3H3,(H2,25,31)(H,28,32)/p+1/t15?,17-/m0/s1. The number of primary amides is 1. The number of carbonyl (C=O) groups excluding carboxylic acids is 3. The minimum absolute atomic E-state index is 0.0359. The van der Waals surface area contributed by atoms with Gasteiger partial charge in [0.05, 0.1) is 23.5 Å². The van der Waals surface area contributed by atoms with E-state index < -0.39 is 11.9 Å². The van der Waals surface area contributed by atoms with Crippen LogP contribution in [-0.4, -0.2) is 58.5 Å². The molecule has 1 aliphatic carbocycles. The van der Waals surface area contributed by atoms with Crippen molar-refractivity contribution in [3.63, 3.8) is 0 Å². The Morgan fingerprint density at radius 1 is 1.28 bits per heavy atom. The lowest BCUT2D eigenvalue weighted by Crippen LogP contribution is -2.51. The van der Waals surface area contributed by atoms with E-state index in [9.17, 15) is 14.4 Å². The van der Waals surface area contributed by atoms with Gasteiger partial charge in [-0.15, -0.1) is 0 Å². The molecule has 32 heavy (non-hydrogen) atoms. The van der Waals surface area contributed by atoms with Gasteiger partial charge in [-0.05, 0) is 50.5 Å². The normalized spacial score (nSPS) is 22.3. The fraction of sp³-hybridized carbons (Fsp3) is 0.609. The molecular weight excluding hydrogens is 408 g/mol. The molecule has 0 bridgehead atoms. The minimum Gasteiger partial charge on any atom is -0.374 e. The SMILES string of the molecule is Cc1nccc(C(=[NH2+])C(N)=O)c1NCC(=O)N1CCC[C@H]1C(=O)NC1CCCC(C)(C)C1. The maximum atomic E-state index is 13.0. The van der Waals surface area contributed by atoms with Crippen LogP contribution in [0.15, 0.2) is 12.3 Å². The van der Waals surface area contributed by atoms with E-state index in [1.165, 1.54) is 12.6 Å². The molecule has 2 fully saturated rings. The number of nitrogens with one attached hydrogen (secondary N) is 2. The van der Waals surface area contributed by atoms with E-state index in [1.807, 2.05) is 0 Å². The van der Waals surface area contributed by atoms with Gasteiger partial charge in [0.1, 0.15) is 6.04 Å². The Bertz CT molecular complexity index is 913. The van der Waals surface area contributed by atoms with Crippen LogP contribution < -0.4 is 21.8 Å². The maximum Gasteiger partial charge on any atom is 0.313 e. The smallest absolute Gasteiger partial charge is 0.313 e. The third-order valence-electron chi connectivity index (χ3n) is 6.54. The van der Waals surface area contributed by atoms with Gasteiger partial charge in [0, 0.05) is 18.8 Å². The molecule has 174 valence electrons. The monoisotopic (exact) mass is 443 g/mol. The number of aromatic nitrogens is 1. The van der Waals surface area contributed by atoms with Crippen LogP contribution in [0, 0.1) is 12.3 Å². The summed E-state index contributed by atoms with van der Waals surface area (Å²) >= 11 is 0. The van der Waals surface area contributed by atoms with E-state index in [2.05, 4.69) is 29.5 Å². The van der Waals surface area contributed by atoms with Gasteiger partial charge < -0.3 is 21.3 Å². The van der Waals surface area contributed by atoms with E-state index in [4.69, 9.17) is 11.1 Å². The van der Waals surface area contributed by atoms with Crippen LogP contribution in [0.4, 0.5) is 5.69 Å². The molecule has 3 amide bonds. The van der Waals surface area contributed by atoms with E-state index in [-0.39, 0.29) is 35.5 Å². The lowest BCUT2D eigenvalue weighted by molar-refractivity contribution is -0.137. The lowest BCUT2D eigenvalue weighted by atomic mass is 9.75. The molecule has 1 saturated carbocycles. The molecule has 0 aromatic carbocycles. The van der Waals surface area contributed by atoms with Crippen LogP contribution in [0.1, 0.15) is 63.6 Å². The number of hydrogen-bond donors (Lipinski definition) is 4. The molecule has 1 aromatic rings. The number of nitrogens with two attached hydrogens (primary N) is 2. The summed E-state index contributed by atoms with van der Waals surface area (Å²) in [7, 11) is 0. The van der Waals surface area contributed by atoms with Crippen molar-refractivity contribution in [1.82, 2.24) is 15.2 Å². The van der Waals surface area contributed by atoms with Gasteiger partial charge in [0.2, 0.25) is 11.8 Å². The predicted molar refractivity (Wildman–Crippen MR) is 122 cm³/mol. The van der Waals surface area contributed by atoms with Crippen molar-refractivity contribution >= 4 is 29.1 Å². The molecule has 2 heterocycles. The predicted octanol–water partition coefficient (Wildman–Crippen LogP) is -0.0886. The first-order valence-electron chi connectivity index (χ1n) is 11.3. The van der Waals surface area contributed by atoms with Gasteiger partial charge in [-0.1, -0.05) is 20.3 Å². The molecule has 1 saturated heterocycles. The topological polar surface area (TPSA) is 143 Å². The number of nitrogens with zero attached hydrogens (tertiary/aromatic N) is 2. The molecule has 2 atom stereocenters. The third kappa shape index (κ3) is 5.44. The molecule has 1 aromatic heterocycles. The minimum atomic E-state index is -0.743. The van der Waals surface area contributed by atoms with Crippen molar-refractivity contribution in [2.45, 2.75) is 71.4 Å². The van der Waals surface area contributed by atoms with E-state index in [0.29, 0.717) is 29.9 Å². The Hall–Kier alpha value is -2.97. The van der Waals surface area contributed by atoms with Crippen molar-refractivity contribution in [3.05, 3.63) is 23.5 Å². The van der Waals surface area contributed by atoms with Gasteiger partial charge in [0.15, 0.2) is 0 Å². The maximum absolute atomic E-state index is 13.0. The number of aryl methyl sites for hydroxylation is 1. The largest absolute Gasteiger partial charge is 0.374 e. The Morgan fingerprint density at radius 3 is 2.72 bits per heavy atom. The summed E-state index contributed by atoms with van der Waals surface area (Å²) in [6.07, 6.45) is 7.20. The first-order chi connectivity index (χ1) is 15.1. The van der Waals surface area contributed by atoms with Crippen molar-refractivity contribution in [2.24, 2.45) is 11.1 Å². The Morgan fingerprint density at radius 2 is 2.03 bits per heavy atom. The number of carbonyl (C=O) groups is 3. The highest BCUT2D eigenvalue weighted by Crippen LogP contribution is 2.35. The molecule has 3 rings (SSSR count). The van der Waals surface area contributed by atoms with Crippen LogP contribution in [0.3, 0.4) is 0 Å². The second-order valence-electron chi connectivity index (χ2n) is 9.66. The van der Waals surface area contributed by atoms with Gasteiger partial charge in [0.25, 0.3) is 5.71 Å². The third-order valence-corrected chi connectivity index (χ3v) is 6.54. The fourth-order valence-corrected chi connectivity index (χ4v) is 4.87. The highest BCUT2D eigenvalue weighted by Gasteiger charge is 2.36. The van der Waals surface area contributed by atoms with E-state index >= 15 is 0 Å². The summed E-state index contributed by atoms with van der Waals surface area (Å²) in [5, 5.41) is 12.1. The first kappa shape index (κ1) is 23.7. The highest BCUT2D eigenvalue weighted by molar-refractivity contribution is 6.43. The zero-order chi connectivity index (χ0) is 23.5. The van der Waals surface area contributed by atoms with Crippen molar-refractivity contribution in [2.75, 3.05) is 18.4 Å². The van der Waals surface area contributed by atoms with Crippen LogP contribution in [0.5, 0.6) is 0 Å². The highest BCUT2D eigenvalue weighted by atomic mass is 16.2.